The van der Waals surface area contributed by atoms with Gasteiger partial charge in [0.05, 0.1) is 5.56 Å². The SMILES string of the molecule is CCN(CC)C1CCN(C(=O)c2cccnc2Cl)C1. The van der Waals surface area contributed by atoms with E-state index in [1.54, 1.807) is 18.3 Å². The number of likely N-dealkylation sites (N-methyl/N-ethyl adjacent to an activating group) is 1. The van der Waals surface area contributed by atoms with Crippen LogP contribution >= 0.6 is 11.6 Å². The van der Waals surface area contributed by atoms with Crippen molar-refractivity contribution in [1.29, 1.82) is 0 Å². The molecule has 2 heterocycles. The molecule has 0 aliphatic carbocycles. The number of halogens is 1. The highest BCUT2D eigenvalue weighted by molar-refractivity contribution is 6.32. The van der Waals surface area contributed by atoms with Crippen LogP contribution < -0.4 is 0 Å². The van der Waals surface area contributed by atoms with Crippen molar-refractivity contribution in [3.05, 3.63) is 29.0 Å². The Kier molecular flexibility index (Phi) is 4.77. The number of carbonyl (C=O) groups is 1. The van der Waals surface area contributed by atoms with Gasteiger partial charge in [0.25, 0.3) is 5.91 Å². The molecule has 0 spiro atoms. The Morgan fingerprint density at radius 1 is 1.53 bits per heavy atom. The fraction of sp³-hybridized carbons (Fsp3) is 0.571. The zero-order chi connectivity index (χ0) is 13.8. The van der Waals surface area contributed by atoms with E-state index < -0.39 is 0 Å². The third-order valence-electron chi connectivity index (χ3n) is 3.77. The maximum Gasteiger partial charge on any atom is 0.257 e. The summed E-state index contributed by atoms with van der Waals surface area (Å²) < 4.78 is 0. The van der Waals surface area contributed by atoms with Crippen LogP contribution in [0.15, 0.2) is 18.3 Å². The van der Waals surface area contributed by atoms with Gasteiger partial charge >= 0.3 is 0 Å². The summed E-state index contributed by atoms with van der Waals surface area (Å²) in [5, 5.41) is 0.291. The van der Waals surface area contributed by atoms with Crippen LogP contribution in [-0.4, -0.2) is 52.9 Å². The summed E-state index contributed by atoms with van der Waals surface area (Å²) in [6.07, 6.45) is 2.63. The zero-order valence-electron chi connectivity index (χ0n) is 11.5. The van der Waals surface area contributed by atoms with E-state index in [2.05, 4.69) is 23.7 Å². The fourth-order valence-electron chi connectivity index (χ4n) is 2.68. The molecule has 4 nitrogen and oxygen atoms in total. The number of rotatable bonds is 4. The average molecular weight is 282 g/mol. The number of hydrogen-bond donors (Lipinski definition) is 0. The van der Waals surface area contributed by atoms with Crippen LogP contribution in [-0.2, 0) is 0 Å². The second-order valence-corrected chi connectivity index (χ2v) is 5.11. The number of hydrogen-bond acceptors (Lipinski definition) is 3. The van der Waals surface area contributed by atoms with Gasteiger partial charge in [-0.2, -0.15) is 0 Å². The largest absolute Gasteiger partial charge is 0.337 e. The normalized spacial score (nSPS) is 19.2. The standard InChI is InChI=1S/C14H20ClN3O/c1-3-17(4-2)11-7-9-18(10-11)14(19)12-6-5-8-16-13(12)15/h5-6,8,11H,3-4,7,9-10H2,1-2H3. The van der Waals surface area contributed by atoms with Crippen LogP contribution in [0.25, 0.3) is 0 Å². The second-order valence-electron chi connectivity index (χ2n) is 4.76. The van der Waals surface area contributed by atoms with Crippen molar-refractivity contribution in [3.63, 3.8) is 0 Å². The van der Waals surface area contributed by atoms with Crippen LogP contribution in [0.5, 0.6) is 0 Å². The Labute approximate surface area is 119 Å². The first-order chi connectivity index (χ1) is 9.17. The van der Waals surface area contributed by atoms with Crippen LogP contribution in [0.1, 0.15) is 30.6 Å². The Balaban J connectivity index is 2.05. The van der Waals surface area contributed by atoms with Gasteiger partial charge in [0.1, 0.15) is 5.15 Å². The molecule has 5 heteroatoms. The molecule has 1 aliphatic rings. The zero-order valence-corrected chi connectivity index (χ0v) is 12.2. The molecule has 1 aliphatic heterocycles. The molecule has 2 rings (SSSR count). The number of pyridine rings is 1. The van der Waals surface area contributed by atoms with Crippen molar-refractivity contribution >= 4 is 17.5 Å². The average Bonchev–Trinajstić information content (AvgIpc) is 2.90. The molecule has 1 aromatic rings. The van der Waals surface area contributed by atoms with E-state index >= 15 is 0 Å². The lowest BCUT2D eigenvalue weighted by molar-refractivity contribution is 0.0777. The molecule has 0 bridgehead atoms. The van der Waals surface area contributed by atoms with E-state index in [0.717, 1.165) is 32.6 Å². The molecule has 1 aromatic heterocycles. The second kappa shape index (κ2) is 6.35. The molecule has 1 fully saturated rings. The molecule has 0 aromatic carbocycles. The van der Waals surface area contributed by atoms with Crippen LogP contribution in [0.3, 0.4) is 0 Å². The minimum absolute atomic E-state index is 0.00671. The van der Waals surface area contributed by atoms with Crippen LogP contribution in [0.2, 0.25) is 5.15 Å². The van der Waals surface area contributed by atoms with Gasteiger partial charge in [-0.1, -0.05) is 25.4 Å². The van der Waals surface area contributed by atoms with Crippen molar-refractivity contribution in [2.75, 3.05) is 26.2 Å². The predicted octanol–water partition coefficient (Wildman–Crippen LogP) is 2.29. The summed E-state index contributed by atoms with van der Waals surface area (Å²) in [5.41, 5.74) is 0.504. The highest BCUT2D eigenvalue weighted by Crippen LogP contribution is 2.20. The fourth-order valence-corrected chi connectivity index (χ4v) is 2.88. The van der Waals surface area contributed by atoms with E-state index in [-0.39, 0.29) is 5.91 Å². The molecule has 0 N–H and O–H groups in total. The van der Waals surface area contributed by atoms with Gasteiger partial charge in [-0.3, -0.25) is 9.69 Å². The van der Waals surface area contributed by atoms with Crippen LogP contribution in [0.4, 0.5) is 0 Å². The molecule has 1 saturated heterocycles. The molecule has 1 amide bonds. The van der Waals surface area contributed by atoms with E-state index in [4.69, 9.17) is 11.6 Å². The van der Waals surface area contributed by atoms with Gasteiger partial charge in [0.2, 0.25) is 0 Å². The maximum atomic E-state index is 12.4. The van der Waals surface area contributed by atoms with Gasteiger partial charge in [-0.05, 0) is 31.6 Å². The molecular weight excluding hydrogens is 262 g/mol. The molecular formula is C14H20ClN3O. The number of likely N-dealkylation sites (tertiary alicyclic amines) is 1. The number of carbonyl (C=O) groups excluding carboxylic acids is 1. The minimum Gasteiger partial charge on any atom is -0.337 e. The summed E-state index contributed by atoms with van der Waals surface area (Å²) >= 11 is 5.98. The first-order valence-electron chi connectivity index (χ1n) is 6.81. The Bertz CT molecular complexity index is 448. The number of amides is 1. The van der Waals surface area contributed by atoms with Crippen molar-refractivity contribution in [2.24, 2.45) is 0 Å². The Morgan fingerprint density at radius 3 is 2.89 bits per heavy atom. The summed E-state index contributed by atoms with van der Waals surface area (Å²) in [6, 6.07) is 3.95. The summed E-state index contributed by atoms with van der Waals surface area (Å²) in [6.45, 7) is 7.95. The summed E-state index contributed by atoms with van der Waals surface area (Å²) in [7, 11) is 0. The minimum atomic E-state index is -0.00671. The molecule has 19 heavy (non-hydrogen) atoms. The first kappa shape index (κ1) is 14.3. The molecule has 104 valence electrons. The van der Waals surface area contributed by atoms with E-state index in [1.165, 1.54) is 0 Å². The lowest BCUT2D eigenvalue weighted by atomic mass is 10.2. The molecule has 1 unspecified atom stereocenters. The van der Waals surface area contributed by atoms with Gasteiger partial charge in [-0.25, -0.2) is 4.98 Å². The Hall–Kier alpha value is -1.13. The van der Waals surface area contributed by atoms with Crippen molar-refractivity contribution in [3.8, 4) is 0 Å². The molecule has 0 radical (unpaired) electrons. The third kappa shape index (κ3) is 3.07. The Morgan fingerprint density at radius 2 is 2.26 bits per heavy atom. The summed E-state index contributed by atoms with van der Waals surface area (Å²) in [5.74, 6) is -0.00671. The first-order valence-corrected chi connectivity index (χ1v) is 7.19. The third-order valence-corrected chi connectivity index (χ3v) is 4.07. The van der Waals surface area contributed by atoms with E-state index in [9.17, 15) is 4.79 Å². The smallest absolute Gasteiger partial charge is 0.257 e. The van der Waals surface area contributed by atoms with Crippen molar-refractivity contribution < 1.29 is 4.79 Å². The van der Waals surface area contributed by atoms with Crippen LogP contribution in [0, 0.1) is 0 Å². The highest BCUT2D eigenvalue weighted by atomic mass is 35.5. The topological polar surface area (TPSA) is 36.4 Å². The summed E-state index contributed by atoms with van der Waals surface area (Å²) in [4.78, 5) is 20.6. The van der Waals surface area contributed by atoms with E-state index in [1.807, 2.05) is 4.90 Å². The molecule has 1 atom stereocenters. The van der Waals surface area contributed by atoms with Crippen molar-refractivity contribution in [1.82, 2.24) is 14.8 Å². The molecule has 0 saturated carbocycles. The monoisotopic (exact) mass is 281 g/mol. The highest BCUT2D eigenvalue weighted by Gasteiger charge is 2.30. The number of aromatic nitrogens is 1. The predicted molar refractivity (Wildman–Crippen MR) is 76.5 cm³/mol. The lowest BCUT2D eigenvalue weighted by Crippen LogP contribution is -2.38. The quantitative estimate of drug-likeness (QED) is 0.795. The van der Waals surface area contributed by atoms with Gasteiger partial charge in [0, 0.05) is 25.3 Å². The van der Waals surface area contributed by atoms with Gasteiger partial charge < -0.3 is 4.90 Å². The van der Waals surface area contributed by atoms with Gasteiger partial charge in [0.15, 0.2) is 0 Å². The lowest BCUT2D eigenvalue weighted by Gasteiger charge is -2.26. The van der Waals surface area contributed by atoms with E-state index in [0.29, 0.717) is 16.8 Å². The van der Waals surface area contributed by atoms with Gasteiger partial charge in [-0.15, -0.1) is 0 Å². The maximum absolute atomic E-state index is 12.4. The number of nitrogens with zero attached hydrogens (tertiary/aromatic N) is 3. The van der Waals surface area contributed by atoms with Crippen molar-refractivity contribution in [2.45, 2.75) is 26.3 Å².